The molecule has 1 aromatic heterocycles. The molecule has 7 nitrogen and oxygen atoms in total. The van der Waals surface area contributed by atoms with Gasteiger partial charge in [0.1, 0.15) is 4.90 Å². The molecule has 0 radical (unpaired) electrons. The molecule has 1 fully saturated rings. The van der Waals surface area contributed by atoms with Crippen LogP contribution < -0.4 is 0 Å². The van der Waals surface area contributed by atoms with Gasteiger partial charge in [-0.05, 0) is 6.92 Å². The number of aryl methyl sites for hydroxylation is 1. The maximum atomic E-state index is 12.6. The van der Waals surface area contributed by atoms with Crippen LogP contribution in [0.5, 0.6) is 0 Å². The molecule has 9 heteroatoms. The van der Waals surface area contributed by atoms with Gasteiger partial charge in [0.25, 0.3) is 0 Å². The minimum atomic E-state index is -3.72. The van der Waals surface area contributed by atoms with Gasteiger partial charge in [-0.25, -0.2) is 13.2 Å². The summed E-state index contributed by atoms with van der Waals surface area (Å²) in [5, 5.41) is 3.12. The van der Waals surface area contributed by atoms with Gasteiger partial charge in [-0.3, -0.25) is 4.68 Å². The molecule has 1 aliphatic rings. The van der Waals surface area contributed by atoms with Crippen LogP contribution in [0, 0.1) is 6.92 Å². The molecule has 0 saturated carbocycles. The van der Waals surface area contributed by atoms with E-state index in [0.29, 0.717) is 18.0 Å². The number of methoxy groups -OCH3 is 1. The highest BCUT2D eigenvalue weighted by molar-refractivity contribution is 8.02. The van der Waals surface area contributed by atoms with Crippen LogP contribution in [0.2, 0.25) is 0 Å². The van der Waals surface area contributed by atoms with E-state index >= 15 is 0 Å². The molecule has 0 aliphatic carbocycles. The monoisotopic (exact) mass is 305 g/mol. The third-order valence-electron chi connectivity index (χ3n) is 3.03. The van der Waals surface area contributed by atoms with E-state index in [4.69, 9.17) is 0 Å². The summed E-state index contributed by atoms with van der Waals surface area (Å²) in [4.78, 5) is 11.8. The minimum absolute atomic E-state index is 0.131. The maximum absolute atomic E-state index is 12.6. The van der Waals surface area contributed by atoms with E-state index in [1.54, 1.807) is 14.0 Å². The third kappa shape index (κ3) is 2.37. The number of esters is 1. The molecular weight excluding hydrogens is 290 g/mol. The largest absolute Gasteiger partial charge is 0.467 e. The summed E-state index contributed by atoms with van der Waals surface area (Å²) in [6.45, 7) is 1.97. The van der Waals surface area contributed by atoms with Crippen LogP contribution in [0.4, 0.5) is 0 Å². The highest BCUT2D eigenvalue weighted by atomic mass is 32.2. The van der Waals surface area contributed by atoms with Gasteiger partial charge in [-0.2, -0.15) is 9.40 Å². The molecule has 0 spiro atoms. The number of aromatic nitrogens is 2. The molecule has 1 atom stereocenters. The lowest BCUT2D eigenvalue weighted by atomic mass is 10.5. The van der Waals surface area contributed by atoms with Gasteiger partial charge in [0, 0.05) is 19.3 Å². The van der Waals surface area contributed by atoms with Crippen LogP contribution in [-0.4, -0.2) is 53.3 Å². The van der Waals surface area contributed by atoms with E-state index in [9.17, 15) is 13.2 Å². The van der Waals surface area contributed by atoms with Gasteiger partial charge in [0.15, 0.2) is 5.37 Å². The van der Waals surface area contributed by atoms with E-state index in [-0.39, 0.29) is 4.90 Å². The number of ether oxygens (including phenoxy) is 1. The Bertz CT molecular complexity index is 596. The first-order chi connectivity index (χ1) is 8.89. The summed E-state index contributed by atoms with van der Waals surface area (Å²) in [6.07, 6.45) is 1.31. The van der Waals surface area contributed by atoms with Gasteiger partial charge in [0.2, 0.25) is 10.0 Å². The molecule has 1 saturated heterocycles. The molecule has 2 heterocycles. The van der Waals surface area contributed by atoms with Crippen molar-refractivity contribution in [3.63, 3.8) is 0 Å². The smallest absolute Gasteiger partial charge is 0.334 e. The Kier molecular flexibility index (Phi) is 3.88. The molecule has 0 bridgehead atoms. The van der Waals surface area contributed by atoms with E-state index < -0.39 is 21.4 Å². The molecule has 0 aromatic carbocycles. The molecule has 1 aliphatic heterocycles. The molecule has 2 rings (SSSR count). The Morgan fingerprint density at radius 3 is 2.79 bits per heavy atom. The number of hydrogen-bond donors (Lipinski definition) is 0. The van der Waals surface area contributed by atoms with Gasteiger partial charge in [-0.15, -0.1) is 11.8 Å². The van der Waals surface area contributed by atoms with E-state index in [1.807, 2.05) is 0 Å². The first kappa shape index (κ1) is 14.4. The van der Waals surface area contributed by atoms with Crippen LogP contribution in [0.15, 0.2) is 11.1 Å². The van der Waals surface area contributed by atoms with Crippen LogP contribution in [0.3, 0.4) is 0 Å². The fourth-order valence-electron chi connectivity index (χ4n) is 1.85. The fraction of sp³-hybridized carbons (Fsp3) is 0.600. The summed E-state index contributed by atoms with van der Waals surface area (Å²) < 4.78 is 32.4. The first-order valence-corrected chi connectivity index (χ1v) is 8.08. The summed E-state index contributed by atoms with van der Waals surface area (Å²) in [6, 6.07) is 0. The predicted octanol–water partition coefficient (Wildman–Crippen LogP) is -0.0349. The number of sulfonamides is 1. The van der Waals surface area contributed by atoms with Crippen molar-refractivity contribution in [2.24, 2.45) is 7.05 Å². The lowest BCUT2D eigenvalue weighted by Gasteiger charge is -2.20. The lowest BCUT2D eigenvalue weighted by molar-refractivity contribution is -0.141. The summed E-state index contributed by atoms with van der Waals surface area (Å²) >= 11 is 1.26. The molecule has 1 aromatic rings. The van der Waals surface area contributed by atoms with Crippen molar-refractivity contribution < 1.29 is 17.9 Å². The van der Waals surface area contributed by atoms with Crippen molar-refractivity contribution in [1.29, 1.82) is 0 Å². The molecule has 0 N–H and O–H groups in total. The molecule has 1 unspecified atom stereocenters. The van der Waals surface area contributed by atoms with Gasteiger partial charge in [0.05, 0.1) is 19.0 Å². The second kappa shape index (κ2) is 5.14. The van der Waals surface area contributed by atoms with Crippen molar-refractivity contribution in [2.45, 2.75) is 17.2 Å². The average molecular weight is 305 g/mol. The quantitative estimate of drug-likeness (QED) is 0.729. The Morgan fingerprint density at radius 2 is 2.26 bits per heavy atom. The van der Waals surface area contributed by atoms with Crippen molar-refractivity contribution in [3.05, 3.63) is 11.9 Å². The van der Waals surface area contributed by atoms with Crippen LogP contribution >= 0.6 is 11.8 Å². The first-order valence-electron chi connectivity index (χ1n) is 5.59. The van der Waals surface area contributed by atoms with Crippen molar-refractivity contribution in [1.82, 2.24) is 14.1 Å². The second-order valence-electron chi connectivity index (χ2n) is 4.08. The van der Waals surface area contributed by atoms with Crippen LogP contribution in [0.1, 0.15) is 5.69 Å². The van der Waals surface area contributed by atoms with E-state index in [2.05, 4.69) is 9.84 Å². The molecule has 106 valence electrons. The predicted molar refractivity (Wildman–Crippen MR) is 70.1 cm³/mol. The van der Waals surface area contributed by atoms with E-state index in [0.717, 1.165) is 0 Å². The topological polar surface area (TPSA) is 81.5 Å². The van der Waals surface area contributed by atoms with Gasteiger partial charge < -0.3 is 4.74 Å². The second-order valence-corrected chi connectivity index (χ2v) is 7.13. The SMILES string of the molecule is COC(=O)C1SCCN1S(=O)(=O)c1cnn(C)c1C. The number of hydrogen-bond acceptors (Lipinski definition) is 6. The van der Waals surface area contributed by atoms with Gasteiger partial charge in [-0.1, -0.05) is 0 Å². The van der Waals surface area contributed by atoms with Gasteiger partial charge >= 0.3 is 5.97 Å². The Labute approximate surface area is 116 Å². The number of rotatable bonds is 3. The summed E-state index contributed by atoms with van der Waals surface area (Å²) in [5.74, 6) is 0.0193. The zero-order chi connectivity index (χ0) is 14.2. The fourth-order valence-corrected chi connectivity index (χ4v) is 5.12. The van der Waals surface area contributed by atoms with Crippen molar-refractivity contribution >= 4 is 27.8 Å². The zero-order valence-corrected chi connectivity index (χ0v) is 12.5. The van der Waals surface area contributed by atoms with Crippen molar-refractivity contribution in [3.8, 4) is 0 Å². The zero-order valence-electron chi connectivity index (χ0n) is 10.9. The molecule has 0 amide bonds. The average Bonchev–Trinajstić information content (AvgIpc) is 2.97. The highest BCUT2D eigenvalue weighted by Crippen LogP contribution is 2.31. The summed E-state index contributed by atoms with van der Waals surface area (Å²) in [7, 11) is -0.802. The highest BCUT2D eigenvalue weighted by Gasteiger charge is 2.42. The Balaban J connectivity index is 2.39. The molecule has 19 heavy (non-hydrogen) atoms. The number of nitrogens with zero attached hydrogens (tertiary/aromatic N) is 3. The maximum Gasteiger partial charge on any atom is 0.334 e. The minimum Gasteiger partial charge on any atom is -0.467 e. The van der Waals surface area contributed by atoms with Crippen molar-refractivity contribution in [2.75, 3.05) is 19.4 Å². The van der Waals surface area contributed by atoms with Crippen LogP contribution in [0.25, 0.3) is 0 Å². The summed E-state index contributed by atoms with van der Waals surface area (Å²) in [5.41, 5.74) is 0.542. The van der Waals surface area contributed by atoms with E-state index in [1.165, 1.54) is 34.1 Å². The number of thioether (sulfide) groups is 1. The Hall–Kier alpha value is -1.06. The number of carbonyl (C=O) groups excluding carboxylic acids is 1. The molecular formula is C10H15N3O4S2. The number of carbonyl (C=O) groups is 1. The Morgan fingerprint density at radius 1 is 1.58 bits per heavy atom. The normalized spacial score (nSPS) is 20.7. The standard InChI is InChI=1S/C10H15N3O4S2/c1-7-8(6-11-12(7)2)19(15,16)13-4-5-18-9(13)10(14)17-3/h6,9H,4-5H2,1-3H3. The lowest BCUT2D eigenvalue weighted by Crippen LogP contribution is -2.40. The van der Waals surface area contributed by atoms with Crippen LogP contribution in [-0.2, 0) is 26.6 Å². The third-order valence-corrected chi connectivity index (χ3v) is 6.31.